The smallest absolute Gasteiger partial charge is 0.257 e. The summed E-state index contributed by atoms with van der Waals surface area (Å²) < 4.78 is 0. The summed E-state index contributed by atoms with van der Waals surface area (Å²) in [7, 11) is 0. The third-order valence-electron chi connectivity index (χ3n) is 4.05. The van der Waals surface area contributed by atoms with Crippen molar-refractivity contribution >= 4 is 42.3 Å². The third-order valence-corrected chi connectivity index (χ3v) is 4.05. The molecule has 1 unspecified atom stereocenters. The number of rotatable bonds is 3. The van der Waals surface area contributed by atoms with Crippen LogP contribution < -0.4 is 10.6 Å². The maximum Gasteiger partial charge on any atom is 0.257 e. The first-order valence-electron chi connectivity index (χ1n) is 7.98. The lowest BCUT2D eigenvalue weighted by atomic mass is 10.1. The van der Waals surface area contributed by atoms with Crippen LogP contribution in [0.3, 0.4) is 0 Å². The lowest BCUT2D eigenvalue weighted by Crippen LogP contribution is -2.52. The summed E-state index contributed by atoms with van der Waals surface area (Å²) in [6, 6.07) is 10.6. The van der Waals surface area contributed by atoms with Gasteiger partial charge in [0.25, 0.3) is 11.8 Å². The average Bonchev–Trinajstić information content (AvgIpc) is 2.62. The molecule has 26 heavy (non-hydrogen) atoms. The van der Waals surface area contributed by atoms with Crippen molar-refractivity contribution in [3.05, 3.63) is 59.9 Å². The molecule has 6 nitrogen and oxygen atoms in total. The summed E-state index contributed by atoms with van der Waals surface area (Å²) in [5, 5.41) is 6.08. The van der Waals surface area contributed by atoms with Crippen molar-refractivity contribution in [1.29, 1.82) is 0 Å². The molecule has 0 saturated carbocycles. The van der Waals surface area contributed by atoms with Crippen molar-refractivity contribution in [2.24, 2.45) is 0 Å². The van der Waals surface area contributed by atoms with E-state index in [2.05, 4.69) is 15.6 Å². The van der Waals surface area contributed by atoms with Crippen LogP contribution in [0.25, 0.3) is 0 Å². The number of hydrogen-bond donors (Lipinski definition) is 2. The van der Waals surface area contributed by atoms with Crippen LogP contribution >= 0.6 is 24.8 Å². The van der Waals surface area contributed by atoms with Crippen molar-refractivity contribution in [2.75, 3.05) is 25.0 Å². The molecule has 8 heteroatoms. The molecule has 1 aromatic carbocycles. The predicted octanol–water partition coefficient (Wildman–Crippen LogP) is 2.61. The number of piperazine rings is 1. The standard InChI is InChI=1S/C18H20N4O2.2ClH/c1-13-11-20-8-9-22(13)18(24)14-4-2-6-16(10-14)21-17(23)15-5-3-7-19-12-15;;/h2-7,10,12-13,20H,8-9,11H2,1H3,(H,21,23);2*1H. The van der Waals surface area contributed by atoms with E-state index < -0.39 is 0 Å². The molecule has 140 valence electrons. The molecule has 0 spiro atoms. The van der Waals surface area contributed by atoms with Crippen LogP contribution in [0.1, 0.15) is 27.6 Å². The number of hydrogen-bond acceptors (Lipinski definition) is 4. The van der Waals surface area contributed by atoms with Gasteiger partial charge >= 0.3 is 0 Å². The number of nitrogens with zero attached hydrogens (tertiary/aromatic N) is 2. The average molecular weight is 397 g/mol. The first-order chi connectivity index (χ1) is 11.6. The molecular formula is C18H22Cl2N4O2. The second-order valence-electron chi connectivity index (χ2n) is 5.83. The number of benzene rings is 1. The van der Waals surface area contributed by atoms with E-state index >= 15 is 0 Å². The van der Waals surface area contributed by atoms with Gasteiger partial charge in [0.05, 0.1) is 5.56 Å². The minimum atomic E-state index is -0.247. The Balaban J connectivity index is 0.00000169. The van der Waals surface area contributed by atoms with Gasteiger partial charge in [-0.3, -0.25) is 14.6 Å². The van der Waals surface area contributed by atoms with Gasteiger partial charge in [-0.05, 0) is 37.3 Å². The van der Waals surface area contributed by atoms with Crippen molar-refractivity contribution in [1.82, 2.24) is 15.2 Å². The number of carbonyl (C=O) groups is 2. The number of amides is 2. The van der Waals surface area contributed by atoms with Crippen molar-refractivity contribution < 1.29 is 9.59 Å². The molecule has 1 aliphatic rings. The van der Waals surface area contributed by atoms with Gasteiger partial charge in [-0.15, -0.1) is 24.8 Å². The van der Waals surface area contributed by atoms with Crippen molar-refractivity contribution in [3.63, 3.8) is 0 Å². The van der Waals surface area contributed by atoms with Gasteiger partial charge in [0.2, 0.25) is 0 Å². The number of carbonyl (C=O) groups excluding carboxylic acids is 2. The van der Waals surface area contributed by atoms with Crippen LogP contribution in [-0.2, 0) is 0 Å². The summed E-state index contributed by atoms with van der Waals surface area (Å²) in [4.78, 5) is 30.7. The highest BCUT2D eigenvalue weighted by Crippen LogP contribution is 2.16. The molecule has 2 aromatic rings. The van der Waals surface area contributed by atoms with Gasteiger partial charge in [-0.25, -0.2) is 0 Å². The molecule has 1 aliphatic heterocycles. The van der Waals surface area contributed by atoms with Crippen LogP contribution in [0.15, 0.2) is 48.8 Å². The Bertz CT molecular complexity index is 743. The summed E-state index contributed by atoms with van der Waals surface area (Å²) in [5.41, 5.74) is 1.65. The monoisotopic (exact) mass is 396 g/mol. The lowest BCUT2D eigenvalue weighted by molar-refractivity contribution is 0.0655. The number of anilines is 1. The van der Waals surface area contributed by atoms with Crippen LogP contribution in [0.4, 0.5) is 5.69 Å². The van der Waals surface area contributed by atoms with Crippen LogP contribution in [0.5, 0.6) is 0 Å². The highest BCUT2D eigenvalue weighted by atomic mass is 35.5. The SMILES string of the molecule is CC1CNCCN1C(=O)c1cccc(NC(=O)c2cccnc2)c1.Cl.Cl. The van der Waals surface area contributed by atoms with E-state index in [9.17, 15) is 9.59 Å². The highest BCUT2D eigenvalue weighted by molar-refractivity contribution is 6.05. The molecule has 0 aliphatic carbocycles. The van der Waals surface area contributed by atoms with Gasteiger partial charge in [0.1, 0.15) is 0 Å². The van der Waals surface area contributed by atoms with E-state index in [0.717, 1.165) is 13.1 Å². The van der Waals surface area contributed by atoms with Crippen LogP contribution in [0, 0.1) is 0 Å². The number of pyridine rings is 1. The fraction of sp³-hybridized carbons (Fsp3) is 0.278. The van der Waals surface area contributed by atoms with Gasteiger partial charge < -0.3 is 15.5 Å². The first-order valence-corrected chi connectivity index (χ1v) is 7.98. The molecule has 1 fully saturated rings. The van der Waals surface area contributed by atoms with Gasteiger partial charge in [-0.2, -0.15) is 0 Å². The molecule has 2 N–H and O–H groups in total. The Morgan fingerprint density at radius 1 is 1.19 bits per heavy atom. The molecule has 2 amide bonds. The first kappa shape index (κ1) is 21.9. The molecule has 0 bridgehead atoms. The minimum Gasteiger partial charge on any atom is -0.333 e. The second kappa shape index (κ2) is 10.1. The number of nitrogens with one attached hydrogen (secondary N) is 2. The quantitative estimate of drug-likeness (QED) is 0.835. The van der Waals surface area contributed by atoms with Gasteiger partial charge in [-0.1, -0.05) is 6.07 Å². The maximum atomic E-state index is 12.7. The fourth-order valence-corrected chi connectivity index (χ4v) is 2.74. The van der Waals surface area contributed by atoms with E-state index in [4.69, 9.17) is 0 Å². The van der Waals surface area contributed by atoms with Crippen LogP contribution in [-0.4, -0.2) is 47.4 Å². The number of halogens is 2. The maximum absolute atomic E-state index is 12.7. The zero-order chi connectivity index (χ0) is 16.9. The van der Waals surface area contributed by atoms with Gasteiger partial charge in [0, 0.05) is 49.3 Å². The van der Waals surface area contributed by atoms with Crippen LogP contribution in [0.2, 0.25) is 0 Å². The highest BCUT2D eigenvalue weighted by Gasteiger charge is 2.24. The Morgan fingerprint density at radius 3 is 2.65 bits per heavy atom. The Morgan fingerprint density at radius 2 is 1.96 bits per heavy atom. The Hall–Kier alpha value is -2.15. The number of aromatic nitrogens is 1. The van der Waals surface area contributed by atoms with E-state index in [1.807, 2.05) is 11.8 Å². The zero-order valence-electron chi connectivity index (χ0n) is 14.3. The van der Waals surface area contributed by atoms with Gasteiger partial charge in [0.15, 0.2) is 0 Å². The molecule has 3 rings (SSSR count). The molecule has 2 heterocycles. The Labute approximate surface area is 165 Å². The fourth-order valence-electron chi connectivity index (χ4n) is 2.74. The normalized spacial score (nSPS) is 16.0. The zero-order valence-corrected chi connectivity index (χ0v) is 16.0. The van der Waals surface area contributed by atoms with Crippen molar-refractivity contribution in [2.45, 2.75) is 13.0 Å². The van der Waals surface area contributed by atoms with Crippen molar-refractivity contribution in [3.8, 4) is 0 Å². The molecule has 1 atom stereocenters. The Kier molecular flexibility index (Phi) is 8.51. The van der Waals surface area contributed by atoms with E-state index in [1.165, 1.54) is 6.20 Å². The lowest BCUT2D eigenvalue weighted by Gasteiger charge is -2.34. The molecule has 1 saturated heterocycles. The molecule has 1 aromatic heterocycles. The summed E-state index contributed by atoms with van der Waals surface area (Å²) in [5.74, 6) is -0.260. The predicted molar refractivity (Wildman–Crippen MR) is 106 cm³/mol. The van der Waals surface area contributed by atoms with E-state index in [0.29, 0.717) is 23.4 Å². The van der Waals surface area contributed by atoms with E-state index in [1.54, 1.807) is 42.6 Å². The van der Waals surface area contributed by atoms with E-state index in [-0.39, 0.29) is 42.7 Å². The summed E-state index contributed by atoms with van der Waals surface area (Å²) in [6.07, 6.45) is 3.12. The summed E-state index contributed by atoms with van der Waals surface area (Å²) in [6.45, 7) is 4.31. The third kappa shape index (κ3) is 5.17. The largest absolute Gasteiger partial charge is 0.333 e. The minimum absolute atomic E-state index is 0. The second-order valence-corrected chi connectivity index (χ2v) is 5.83. The summed E-state index contributed by atoms with van der Waals surface area (Å²) >= 11 is 0. The molecule has 0 radical (unpaired) electrons. The topological polar surface area (TPSA) is 74.3 Å². The molecular weight excluding hydrogens is 375 g/mol.